The van der Waals surface area contributed by atoms with Crippen molar-refractivity contribution in [2.75, 3.05) is 6.54 Å². The Labute approximate surface area is 124 Å². The van der Waals surface area contributed by atoms with Crippen molar-refractivity contribution >= 4 is 33.2 Å². The highest BCUT2D eigenvalue weighted by molar-refractivity contribution is 7.89. The maximum Gasteiger partial charge on any atom is 0.389 e. The van der Waals surface area contributed by atoms with Crippen LogP contribution < -0.4 is 4.72 Å². The number of hydrogen-bond donors (Lipinski definition) is 1. The molecule has 10 heteroatoms. The molecule has 0 unspecified atom stereocenters. The minimum atomic E-state index is -4.23. The van der Waals surface area contributed by atoms with Gasteiger partial charge in [0.1, 0.15) is 10.0 Å². The van der Waals surface area contributed by atoms with Gasteiger partial charge in [0.2, 0.25) is 10.0 Å². The molecule has 0 aliphatic rings. The van der Waals surface area contributed by atoms with Crippen LogP contribution in [0.5, 0.6) is 0 Å². The van der Waals surface area contributed by atoms with E-state index in [1.807, 2.05) is 0 Å². The predicted molar refractivity (Wildman–Crippen MR) is 69.4 cm³/mol. The monoisotopic (exact) mass is 350 g/mol. The largest absolute Gasteiger partial charge is 0.389 e. The van der Waals surface area contributed by atoms with Crippen LogP contribution in [0.25, 0.3) is 0 Å². The summed E-state index contributed by atoms with van der Waals surface area (Å²) in [5.74, 6) is 0. The average molecular weight is 351 g/mol. The summed E-state index contributed by atoms with van der Waals surface area (Å²) in [4.78, 5) is 3.40. The van der Waals surface area contributed by atoms with E-state index in [-0.39, 0.29) is 34.5 Å². The van der Waals surface area contributed by atoms with Gasteiger partial charge in [-0.25, -0.2) is 18.1 Å². The highest BCUT2D eigenvalue weighted by atomic mass is 35.5. The van der Waals surface area contributed by atoms with E-state index in [1.54, 1.807) is 0 Å². The topological polar surface area (TPSA) is 59.1 Å². The van der Waals surface area contributed by atoms with Crippen LogP contribution in [0, 0.1) is 0 Å². The van der Waals surface area contributed by atoms with E-state index in [2.05, 4.69) is 9.71 Å². The minimum Gasteiger partial charge on any atom is -0.242 e. The molecule has 1 aromatic heterocycles. The Morgan fingerprint density at radius 2 is 1.90 bits per heavy atom. The highest BCUT2D eigenvalue weighted by Gasteiger charge is 2.26. The number of aromatic nitrogens is 1. The molecule has 114 valence electrons. The van der Waals surface area contributed by atoms with Gasteiger partial charge in [-0.05, 0) is 18.9 Å². The molecule has 0 aliphatic heterocycles. The van der Waals surface area contributed by atoms with E-state index in [0.717, 1.165) is 12.3 Å². The fraction of sp³-hybridized carbons (Fsp3) is 0.500. The number of pyridine rings is 1. The van der Waals surface area contributed by atoms with Gasteiger partial charge in [-0.1, -0.05) is 23.2 Å². The molecule has 0 radical (unpaired) electrons. The maximum absolute atomic E-state index is 11.9. The molecule has 0 amide bonds. The van der Waals surface area contributed by atoms with E-state index >= 15 is 0 Å². The lowest BCUT2D eigenvalue weighted by Crippen LogP contribution is -2.25. The van der Waals surface area contributed by atoms with E-state index in [1.165, 1.54) is 0 Å². The van der Waals surface area contributed by atoms with Crippen LogP contribution in [-0.4, -0.2) is 26.1 Å². The van der Waals surface area contributed by atoms with Crippen LogP contribution in [0.4, 0.5) is 13.2 Å². The second-order valence-electron chi connectivity index (χ2n) is 3.91. The van der Waals surface area contributed by atoms with Crippen molar-refractivity contribution in [3.05, 3.63) is 22.4 Å². The molecule has 1 aromatic rings. The van der Waals surface area contributed by atoms with Crippen LogP contribution in [0.1, 0.15) is 19.3 Å². The van der Waals surface area contributed by atoms with Crippen molar-refractivity contribution in [2.45, 2.75) is 30.3 Å². The number of hydrogen-bond acceptors (Lipinski definition) is 3. The summed E-state index contributed by atoms with van der Waals surface area (Å²) < 4.78 is 61.4. The van der Waals surface area contributed by atoms with Crippen LogP contribution in [0.3, 0.4) is 0 Å². The molecule has 0 aromatic carbocycles. The van der Waals surface area contributed by atoms with Crippen LogP contribution in [0.15, 0.2) is 17.2 Å². The van der Waals surface area contributed by atoms with Gasteiger partial charge in [0.15, 0.2) is 0 Å². The second kappa shape index (κ2) is 6.93. The van der Waals surface area contributed by atoms with Gasteiger partial charge in [0, 0.05) is 19.2 Å². The van der Waals surface area contributed by atoms with Crippen molar-refractivity contribution in [3.8, 4) is 0 Å². The van der Waals surface area contributed by atoms with Crippen molar-refractivity contribution < 1.29 is 21.6 Å². The Hall–Kier alpha value is -0.570. The SMILES string of the molecule is O=S(=O)(NCCCCC(F)(F)F)c1cnc(Cl)c(Cl)c1. The first-order chi connectivity index (χ1) is 9.12. The molecule has 0 bridgehead atoms. The number of halogens is 5. The van der Waals surface area contributed by atoms with Crippen molar-refractivity contribution in [3.63, 3.8) is 0 Å². The summed E-state index contributed by atoms with van der Waals surface area (Å²) in [5, 5.41) is -0.0533. The Kier molecular flexibility index (Phi) is 6.06. The molecule has 1 N–H and O–H groups in total. The molecule has 0 aliphatic carbocycles. The summed E-state index contributed by atoms with van der Waals surface area (Å²) >= 11 is 11.2. The van der Waals surface area contributed by atoms with Crippen LogP contribution >= 0.6 is 23.2 Å². The quantitative estimate of drug-likeness (QED) is 0.631. The summed E-state index contributed by atoms with van der Waals surface area (Å²) in [5.41, 5.74) is 0. The smallest absolute Gasteiger partial charge is 0.242 e. The standard InChI is InChI=1S/C10H11Cl2F3N2O2S/c11-8-5-7(6-16-9(8)12)20(18,19)17-4-2-1-3-10(13,14)15/h5-6,17H,1-4H2. The second-order valence-corrected chi connectivity index (χ2v) is 6.45. The zero-order valence-corrected chi connectivity index (χ0v) is 12.4. The Morgan fingerprint density at radius 3 is 2.45 bits per heavy atom. The van der Waals surface area contributed by atoms with Gasteiger partial charge >= 0.3 is 6.18 Å². The van der Waals surface area contributed by atoms with E-state index in [9.17, 15) is 21.6 Å². The molecular weight excluding hydrogens is 340 g/mol. The van der Waals surface area contributed by atoms with Crippen molar-refractivity contribution in [2.24, 2.45) is 0 Å². The zero-order chi connectivity index (χ0) is 15.4. The number of nitrogens with zero attached hydrogens (tertiary/aromatic N) is 1. The molecule has 0 saturated heterocycles. The van der Waals surface area contributed by atoms with Crippen molar-refractivity contribution in [1.82, 2.24) is 9.71 Å². The normalized spacial score (nSPS) is 12.7. The van der Waals surface area contributed by atoms with Gasteiger partial charge in [-0.2, -0.15) is 13.2 Å². The number of unbranched alkanes of at least 4 members (excludes halogenated alkanes) is 1. The van der Waals surface area contributed by atoms with E-state index in [4.69, 9.17) is 23.2 Å². The van der Waals surface area contributed by atoms with Gasteiger partial charge in [-0.3, -0.25) is 0 Å². The van der Waals surface area contributed by atoms with Crippen LogP contribution in [-0.2, 0) is 10.0 Å². The molecule has 0 saturated carbocycles. The zero-order valence-electron chi connectivity index (χ0n) is 10.0. The third-order valence-corrected chi connectivity index (χ3v) is 4.37. The third-order valence-electron chi connectivity index (χ3n) is 2.26. The fourth-order valence-electron chi connectivity index (χ4n) is 1.29. The number of nitrogens with one attached hydrogen (secondary N) is 1. The lowest BCUT2D eigenvalue weighted by molar-refractivity contribution is -0.135. The van der Waals surface area contributed by atoms with E-state index < -0.39 is 22.6 Å². The molecule has 0 fully saturated rings. The predicted octanol–water partition coefficient (Wildman–Crippen LogP) is 3.40. The third kappa shape index (κ3) is 5.82. The fourth-order valence-corrected chi connectivity index (χ4v) is 2.67. The van der Waals surface area contributed by atoms with Gasteiger partial charge in [0.05, 0.1) is 5.02 Å². The average Bonchev–Trinajstić information content (AvgIpc) is 2.30. The molecule has 20 heavy (non-hydrogen) atoms. The first kappa shape index (κ1) is 17.5. The number of alkyl halides is 3. The number of rotatable bonds is 6. The summed E-state index contributed by atoms with van der Waals surface area (Å²) in [6, 6.07) is 1.12. The molecular formula is C10H11Cl2F3N2O2S. The minimum absolute atomic E-state index is 0.0217. The highest BCUT2D eigenvalue weighted by Crippen LogP contribution is 2.23. The van der Waals surface area contributed by atoms with Gasteiger partial charge in [-0.15, -0.1) is 0 Å². The molecule has 0 atom stereocenters. The molecule has 0 spiro atoms. The number of sulfonamides is 1. The lowest BCUT2D eigenvalue weighted by Gasteiger charge is -2.08. The lowest BCUT2D eigenvalue weighted by atomic mass is 10.2. The Balaban J connectivity index is 2.52. The van der Waals surface area contributed by atoms with Gasteiger partial charge < -0.3 is 0 Å². The molecule has 1 rings (SSSR count). The van der Waals surface area contributed by atoms with Crippen LogP contribution in [0.2, 0.25) is 10.2 Å². The summed E-state index contributed by atoms with van der Waals surface area (Å²) in [6.45, 7) is -0.0986. The summed E-state index contributed by atoms with van der Waals surface area (Å²) in [6.07, 6.45) is -4.22. The maximum atomic E-state index is 11.9. The first-order valence-corrected chi connectivity index (χ1v) is 7.73. The molecule has 4 nitrogen and oxygen atoms in total. The van der Waals surface area contributed by atoms with E-state index in [0.29, 0.717) is 0 Å². The Bertz CT molecular complexity index is 564. The van der Waals surface area contributed by atoms with Gasteiger partial charge in [0.25, 0.3) is 0 Å². The molecule has 1 heterocycles. The van der Waals surface area contributed by atoms with Crippen molar-refractivity contribution in [1.29, 1.82) is 0 Å². The first-order valence-electron chi connectivity index (χ1n) is 5.49. The summed E-state index contributed by atoms with van der Waals surface area (Å²) in [7, 11) is -3.85. The Morgan fingerprint density at radius 1 is 1.25 bits per heavy atom.